The standard InChI is InChI=1S/C24H21ClN4O2/c1-14(15-4-3-5-20(25)7-15)29-13-18-8-21-17(6-16(18)9-22(29)30)10-26-23(21)19-11-27-24(31-2)28-12-19/h3-8,11-12,14H,9-10,13H2,1-2H3/t14-/m1/s1. The normalized spacial score (nSPS) is 15.9. The second kappa shape index (κ2) is 7.78. The van der Waals surface area contributed by atoms with Crippen molar-refractivity contribution in [2.45, 2.75) is 32.5 Å². The van der Waals surface area contributed by atoms with E-state index in [-0.39, 0.29) is 11.9 Å². The monoisotopic (exact) mass is 432 g/mol. The summed E-state index contributed by atoms with van der Waals surface area (Å²) in [4.78, 5) is 28.0. The highest BCUT2D eigenvalue weighted by molar-refractivity contribution is 6.30. The Morgan fingerprint density at radius 1 is 1.10 bits per heavy atom. The van der Waals surface area contributed by atoms with Crippen molar-refractivity contribution in [1.82, 2.24) is 14.9 Å². The van der Waals surface area contributed by atoms with Crippen LogP contribution in [-0.4, -0.2) is 33.6 Å². The summed E-state index contributed by atoms with van der Waals surface area (Å²) < 4.78 is 5.06. The van der Waals surface area contributed by atoms with Crippen molar-refractivity contribution in [1.29, 1.82) is 0 Å². The SMILES string of the molecule is COc1ncc(C2=NCc3cc4c(cc32)CN([C@H](C)c2cccc(Cl)c2)C(=O)C4)cn1. The minimum Gasteiger partial charge on any atom is -0.467 e. The van der Waals surface area contributed by atoms with Crippen molar-refractivity contribution in [3.05, 3.63) is 87.2 Å². The molecule has 1 atom stereocenters. The maximum Gasteiger partial charge on any atom is 0.316 e. The van der Waals surface area contributed by atoms with Gasteiger partial charge in [0.25, 0.3) is 0 Å². The van der Waals surface area contributed by atoms with Crippen molar-refractivity contribution in [3.63, 3.8) is 0 Å². The van der Waals surface area contributed by atoms with Gasteiger partial charge in [-0.1, -0.05) is 29.8 Å². The first-order valence-electron chi connectivity index (χ1n) is 10.1. The van der Waals surface area contributed by atoms with E-state index in [0.29, 0.717) is 30.5 Å². The van der Waals surface area contributed by atoms with Gasteiger partial charge in [0.1, 0.15) is 0 Å². The smallest absolute Gasteiger partial charge is 0.316 e. The molecule has 1 amide bonds. The summed E-state index contributed by atoms with van der Waals surface area (Å²) in [6, 6.07) is 12.3. The molecule has 156 valence electrons. The van der Waals surface area contributed by atoms with Crippen LogP contribution in [0.1, 0.15) is 46.3 Å². The van der Waals surface area contributed by atoms with Crippen molar-refractivity contribution in [3.8, 4) is 6.01 Å². The van der Waals surface area contributed by atoms with Crippen LogP contribution in [0.3, 0.4) is 0 Å². The summed E-state index contributed by atoms with van der Waals surface area (Å²) in [5, 5.41) is 0.676. The highest BCUT2D eigenvalue weighted by atomic mass is 35.5. The first kappa shape index (κ1) is 19.7. The van der Waals surface area contributed by atoms with E-state index in [0.717, 1.165) is 39.1 Å². The molecule has 0 spiro atoms. The molecule has 3 heterocycles. The Kier molecular flexibility index (Phi) is 4.94. The van der Waals surface area contributed by atoms with Crippen molar-refractivity contribution in [2.24, 2.45) is 4.99 Å². The lowest BCUT2D eigenvalue weighted by atomic mass is 9.90. The molecule has 5 rings (SSSR count). The Balaban J connectivity index is 1.46. The van der Waals surface area contributed by atoms with Crippen LogP contribution in [0, 0.1) is 0 Å². The summed E-state index contributed by atoms with van der Waals surface area (Å²) in [6.45, 7) is 3.20. The third-order valence-electron chi connectivity index (χ3n) is 5.97. The molecule has 0 radical (unpaired) electrons. The number of ether oxygens (including phenoxy) is 1. The Labute approximate surface area is 185 Å². The third kappa shape index (κ3) is 3.57. The number of aliphatic imine (C=N–C) groups is 1. The van der Waals surface area contributed by atoms with E-state index in [1.165, 1.54) is 0 Å². The first-order valence-corrected chi connectivity index (χ1v) is 10.5. The maximum atomic E-state index is 12.9. The minimum absolute atomic E-state index is 0.0595. The molecule has 6 nitrogen and oxygen atoms in total. The summed E-state index contributed by atoms with van der Waals surface area (Å²) in [6.07, 6.45) is 3.86. The number of methoxy groups -OCH3 is 1. The fourth-order valence-electron chi connectivity index (χ4n) is 4.28. The van der Waals surface area contributed by atoms with Crippen molar-refractivity contribution in [2.75, 3.05) is 7.11 Å². The lowest BCUT2D eigenvalue weighted by Gasteiger charge is -2.34. The second-order valence-electron chi connectivity index (χ2n) is 7.83. The fraction of sp³-hybridized carbons (Fsp3) is 0.250. The van der Waals surface area contributed by atoms with E-state index < -0.39 is 0 Å². The van der Waals surface area contributed by atoms with Gasteiger partial charge in [-0.05, 0) is 47.4 Å². The molecule has 2 aliphatic rings. The number of fused-ring (bicyclic) bond motifs is 2. The molecular weight excluding hydrogens is 412 g/mol. The molecule has 3 aromatic rings. The Bertz CT molecular complexity index is 1210. The van der Waals surface area contributed by atoms with E-state index in [9.17, 15) is 4.79 Å². The Hall–Kier alpha value is -3.25. The summed E-state index contributed by atoms with van der Waals surface area (Å²) in [5.74, 6) is 0.127. The molecule has 0 bridgehead atoms. The number of halogens is 1. The quantitative estimate of drug-likeness (QED) is 0.621. The number of aromatic nitrogens is 2. The molecule has 0 unspecified atom stereocenters. The highest BCUT2D eigenvalue weighted by Gasteiger charge is 2.30. The predicted octanol–water partition coefficient (Wildman–Crippen LogP) is 4.14. The number of hydrogen-bond donors (Lipinski definition) is 0. The number of carbonyl (C=O) groups excluding carboxylic acids is 1. The van der Waals surface area contributed by atoms with Crippen molar-refractivity contribution < 1.29 is 9.53 Å². The summed E-state index contributed by atoms with van der Waals surface area (Å²) in [7, 11) is 1.54. The largest absolute Gasteiger partial charge is 0.467 e. The zero-order chi connectivity index (χ0) is 21.5. The van der Waals surface area contributed by atoms with Crippen LogP contribution in [0.4, 0.5) is 0 Å². The number of nitrogens with zero attached hydrogens (tertiary/aromatic N) is 4. The van der Waals surface area contributed by atoms with Gasteiger partial charge in [0.05, 0.1) is 31.8 Å². The van der Waals surface area contributed by atoms with Crippen LogP contribution in [0.5, 0.6) is 6.01 Å². The Morgan fingerprint density at radius 3 is 2.65 bits per heavy atom. The lowest BCUT2D eigenvalue weighted by molar-refractivity contribution is -0.134. The number of carbonyl (C=O) groups is 1. The number of hydrogen-bond acceptors (Lipinski definition) is 5. The third-order valence-corrected chi connectivity index (χ3v) is 6.21. The van der Waals surface area contributed by atoms with Gasteiger partial charge in [0.15, 0.2) is 0 Å². The lowest BCUT2D eigenvalue weighted by Crippen LogP contribution is -2.38. The second-order valence-corrected chi connectivity index (χ2v) is 8.27. The van der Waals surface area contributed by atoms with Gasteiger partial charge in [-0.3, -0.25) is 9.79 Å². The molecule has 1 aromatic heterocycles. The average molecular weight is 433 g/mol. The van der Waals surface area contributed by atoms with Crippen LogP contribution in [-0.2, 0) is 24.3 Å². The molecule has 0 aliphatic carbocycles. The van der Waals surface area contributed by atoms with Gasteiger partial charge in [0.2, 0.25) is 5.91 Å². The van der Waals surface area contributed by atoms with Crippen LogP contribution in [0.2, 0.25) is 5.02 Å². The van der Waals surface area contributed by atoms with Crippen LogP contribution in [0.15, 0.2) is 53.8 Å². The summed E-state index contributed by atoms with van der Waals surface area (Å²) >= 11 is 6.17. The molecule has 0 N–H and O–H groups in total. The van der Waals surface area contributed by atoms with Crippen LogP contribution in [0.25, 0.3) is 0 Å². The number of benzene rings is 2. The van der Waals surface area contributed by atoms with Gasteiger partial charge < -0.3 is 9.64 Å². The van der Waals surface area contributed by atoms with Gasteiger partial charge in [0, 0.05) is 35.1 Å². The van der Waals surface area contributed by atoms with E-state index in [4.69, 9.17) is 21.3 Å². The van der Waals surface area contributed by atoms with Crippen LogP contribution >= 0.6 is 11.6 Å². The van der Waals surface area contributed by atoms with E-state index in [2.05, 4.69) is 22.1 Å². The van der Waals surface area contributed by atoms with E-state index in [1.54, 1.807) is 19.5 Å². The Morgan fingerprint density at radius 2 is 1.90 bits per heavy atom. The molecule has 2 aliphatic heterocycles. The van der Waals surface area contributed by atoms with E-state index >= 15 is 0 Å². The van der Waals surface area contributed by atoms with Gasteiger partial charge in [-0.25, -0.2) is 9.97 Å². The fourth-order valence-corrected chi connectivity index (χ4v) is 4.48. The first-order chi connectivity index (χ1) is 15.0. The average Bonchev–Trinajstić information content (AvgIpc) is 3.19. The van der Waals surface area contributed by atoms with Crippen molar-refractivity contribution >= 4 is 23.2 Å². The zero-order valence-corrected chi connectivity index (χ0v) is 18.1. The van der Waals surface area contributed by atoms with Gasteiger partial charge >= 0.3 is 6.01 Å². The number of rotatable bonds is 4. The molecule has 31 heavy (non-hydrogen) atoms. The molecule has 0 saturated carbocycles. The predicted molar refractivity (Wildman–Crippen MR) is 118 cm³/mol. The van der Waals surface area contributed by atoms with E-state index in [1.807, 2.05) is 36.1 Å². The molecule has 0 saturated heterocycles. The van der Waals surface area contributed by atoms with Gasteiger partial charge in [-0.15, -0.1) is 0 Å². The zero-order valence-electron chi connectivity index (χ0n) is 17.3. The summed E-state index contributed by atoms with van der Waals surface area (Å²) in [5.41, 5.74) is 7.22. The highest BCUT2D eigenvalue weighted by Crippen LogP contribution is 2.33. The minimum atomic E-state index is -0.0595. The molecule has 0 fully saturated rings. The molecular formula is C24H21ClN4O2. The number of amides is 1. The van der Waals surface area contributed by atoms with Crippen LogP contribution < -0.4 is 4.74 Å². The molecule has 2 aromatic carbocycles. The van der Waals surface area contributed by atoms with Gasteiger partial charge in [-0.2, -0.15) is 0 Å². The topological polar surface area (TPSA) is 67.7 Å². The molecule has 7 heteroatoms. The maximum absolute atomic E-state index is 12.9.